The van der Waals surface area contributed by atoms with Crippen LogP contribution in [0.3, 0.4) is 0 Å². The molecule has 26 heavy (non-hydrogen) atoms. The molecule has 0 aliphatic heterocycles. The van der Waals surface area contributed by atoms with Gasteiger partial charge in [-0.2, -0.15) is 0 Å². The summed E-state index contributed by atoms with van der Waals surface area (Å²) in [5, 5.41) is 13.7. The molecule has 132 valence electrons. The minimum absolute atomic E-state index is 0. The molecule has 0 aromatic heterocycles. The third-order valence-electron chi connectivity index (χ3n) is 3.58. The van der Waals surface area contributed by atoms with Gasteiger partial charge in [-0.05, 0) is 35.7 Å². The van der Waals surface area contributed by atoms with Gasteiger partial charge in [0.15, 0.2) is 0 Å². The van der Waals surface area contributed by atoms with Crippen LogP contribution in [0.5, 0.6) is 5.75 Å². The zero-order valence-electron chi connectivity index (χ0n) is 15.4. The average Bonchev–Trinajstić information content (AvgIpc) is 2.60. The van der Waals surface area contributed by atoms with Gasteiger partial charge >= 0.3 is 18.9 Å². The van der Waals surface area contributed by atoms with Gasteiger partial charge in [0.05, 0.1) is 12.6 Å². The van der Waals surface area contributed by atoms with Gasteiger partial charge in [0.25, 0.3) is 5.91 Å². The Labute approximate surface area is 165 Å². The van der Waals surface area contributed by atoms with E-state index in [1.807, 2.05) is 6.07 Å². The van der Waals surface area contributed by atoms with Crippen molar-refractivity contribution in [2.45, 2.75) is 26.3 Å². The van der Waals surface area contributed by atoms with Crippen LogP contribution in [0.4, 0.5) is 0 Å². The maximum Gasteiger partial charge on any atom is 1.00 e. The predicted octanol–water partition coefficient (Wildman–Crippen LogP) is -0.663. The Hall–Kier alpha value is -2.22. The molecular weight excluding hydrogens is 325 g/mol. The molecule has 1 atom stereocenters. The summed E-state index contributed by atoms with van der Waals surface area (Å²) in [5.41, 5.74) is 1.16. The van der Waals surface area contributed by atoms with Gasteiger partial charge in [-0.15, -0.1) is 0 Å². The summed E-state index contributed by atoms with van der Waals surface area (Å²) in [6.45, 7) is 4.72. The molecule has 1 amide bonds. The van der Waals surface area contributed by atoms with E-state index in [4.69, 9.17) is 4.74 Å². The molecule has 0 aliphatic carbocycles. The number of hydrogen-bond donors (Lipinski definition) is 1. The van der Waals surface area contributed by atoms with Crippen LogP contribution >= 0.6 is 0 Å². The number of rotatable bonds is 8. The fraction of sp³-hybridized carbons (Fsp3) is 0.300. The number of hydrogen-bond acceptors (Lipinski definition) is 4. The van der Waals surface area contributed by atoms with Gasteiger partial charge in [-0.1, -0.05) is 44.2 Å². The number of aliphatic carboxylic acids is 1. The fourth-order valence-electron chi connectivity index (χ4n) is 2.31. The van der Waals surface area contributed by atoms with Crippen molar-refractivity contribution >= 4 is 11.9 Å². The van der Waals surface area contributed by atoms with E-state index in [0.717, 1.165) is 5.56 Å². The molecule has 0 bridgehead atoms. The average molecular weight is 347 g/mol. The molecule has 2 rings (SSSR count). The summed E-state index contributed by atoms with van der Waals surface area (Å²) in [4.78, 5) is 23.4. The van der Waals surface area contributed by atoms with Crippen LogP contribution in [-0.2, 0) is 4.79 Å². The van der Waals surface area contributed by atoms with Crippen LogP contribution in [0.15, 0.2) is 54.6 Å². The van der Waals surface area contributed by atoms with Gasteiger partial charge in [0, 0.05) is 18.0 Å². The zero-order chi connectivity index (χ0) is 18.2. The van der Waals surface area contributed by atoms with E-state index in [0.29, 0.717) is 23.8 Å². The van der Waals surface area contributed by atoms with Crippen LogP contribution in [-0.4, -0.2) is 18.5 Å². The van der Waals surface area contributed by atoms with Crippen LogP contribution in [0, 0.1) is 5.92 Å². The molecule has 0 saturated heterocycles. The Balaban J connectivity index is 0.00000338. The van der Waals surface area contributed by atoms with E-state index >= 15 is 0 Å². The Bertz CT molecular complexity index is 702. The van der Waals surface area contributed by atoms with Gasteiger partial charge in [-0.3, -0.25) is 4.79 Å². The maximum atomic E-state index is 12.4. The molecule has 1 N–H and O–H groups in total. The quantitative estimate of drug-likeness (QED) is 0.643. The monoisotopic (exact) mass is 347 g/mol. The minimum atomic E-state index is -1.22. The Morgan fingerprint density at radius 3 is 2.19 bits per heavy atom. The van der Waals surface area contributed by atoms with Crippen molar-refractivity contribution in [2.24, 2.45) is 5.92 Å². The number of amides is 1. The number of nitrogens with one attached hydrogen (secondary N) is 1. The second-order valence-electron chi connectivity index (χ2n) is 6.24. The second kappa shape index (κ2) is 10.7. The van der Waals surface area contributed by atoms with Crippen molar-refractivity contribution in [3.05, 3.63) is 65.7 Å². The SMILES string of the molecule is CC(C)COc1ccc(C(=O)NC(CC(=O)[O-])c2ccccc2)cc1.[Li+]. The first-order valence-corrected chi connectivity index (χ1v) is 8.24. The van der Waals surface area contributed by atoms with E-state index in [1.54, 1.807) is 48.5 Å². The van der Waals surface area contributed by atoms with E-state index in [-0.39, 0.29) is 31.2 Å². The summed E-state index contributed by atoms with van der Waals surface area (Å²) < 4.78 is 5.59. The van der Waals surface area contributed by atoms with E-state index in [2.05, 4.69) is 19.2 Å². The summed E-state index contributed by atoms with van der Waals surface area (Å²) >= 11 is 0. The van der Waals surface area contributed by atoms with Crippen LogP contribution in [0.25, 0.3) is 0 Å². The number of carboxylic acids is 1. The van der Waals surface area contributed by atoms with Crippen molar-refractivity contribution in [3.8, 4) is 5.75 Å². The molecular formula is C20H22LiNO4. The minimum Gasteiger partial charge on any atom is -0.550 e. The molecule has 0 aliphatic rings. The summed E-state index contributed by atoms with van der Waals surface area (Å²) in [6, 6.07) is 15.1. The predicted molar refractivity (Wildman–Crippen MR) is 93.0 cm³/mol. The fourth-order valence-corrected chi connectivity index (χ4v) is 2.31. The molecule has 0 saturated carbocycles. The first-order valence-electron chi connectivity index (χ1n) is 8.24. The number of carbonyl (C=O) groups is 2. The maximum absolute atomic E-state index is 12.4. The number of carboxylic acid groups (broad SMARTS) is 1. The third-order valence-corrected chi connectivity index (χ3v) is 3.58. The standard InChI is InChI=1S/C20H23NO4.Li/c1-14(2)13-25-17-10-8-16(9-11-17)20(24)21-18(12-19(22)23)15-6-4-3-5-7-15;/h3-11,14,18H,12-13H2,1-2H3,(H,21,24)(H,22,23);/q;+1/p-1. The summed E-state index contributed by atoms with van der Waals surface area (Å²) in [6.07, 6.45) is -0.286. The van der Waals surface area contributed by atoms with Gasteiger partial charge in [0.2, 0.25) is 0 Å². The van der Waals surface area contributed by atoms with Crippen molar-refractivity contribution in [1.29, 1.82) is 0 Å². The Morgan fingerprint density at radius 1 is 1.04 bits per heavy atom. The van der Waals surface area contributed by atoms with Crippen LogP contribution in [0.1, 0.15) is 42.2 Å². The number of benzene rings is 2. The summed E-state index contributed by atoms with van der Waals surface area (Å²) in [7, 11) is 0. The van der Waals surface area contributed by atoms with Crippen molar-refractivity contribution in [2.75, 3.05) is 6.61 Å². The second-order valence-corrected chi connectivity index (χ2v) is 6.24. The van der Waals surface area contributed by atoms with Crippen molar-refractivity contribution < 1.29 is 38.3 Å². The summed E-state index contributed by atoms with van der Waals surface area (Å²) in [5.74, 6) is -0.448. The first kappa shape index (κ1) is 21.8. The molecule has 0 heterocycles. The smallest absolute Gasteiger partial charge is 0.550 e. The number of carbonyl (C=O) groups excluding carboxylic acids is 2. The molecule has 2 aromatic carbocycles. The van der Waals surface area contributed by atoms with Crippen LogP contribution in [0.2, 0.25) is 0 Å². The van der Waals surface area contributed by atoms with Crippen molar-refractivity contribution in [3.63, 3.8) is 0 Å². The van der Waals surface area contributed by atoms with Gasteiger partial charge in [-0.25, -0.2) is 0 Å². The largest absolute Gasteiger partial charge is 1.00 e. The molecule has 1 unspecified atom stereocenters. The molecule has 0 spiro atoms. The molecule has 0 radical (unpaired) electrons. The molecule has 6 heteroatoms. The topological polar surface area (TPSA) is 78.5 Å². The van der Waals surface area contributed by atoms with Gasteiger partial charge < -0.3 is 20.0 Å². The molecule has 5 nitrogen and oxygen atoms in total. The van der Waals surface area contributed by atoms with E-state index in [1.165, 1.54) is 0 Å². The van der Waals surface area contributed by atoms with Gasteiger partial charge in [0.1, 0.15) is 5.75 Å². The van der Waals surface area contributed by atoms with E-state index < -0.39 is 12.0 Å². The molecule has 2 aromatic rings. The number of ether oxygens (including phenoxy) is 1. The normalized spacial score (nSPS) is 11.3. The van der Waals surface area contributed by atoms with Crippen molar-refractivity contribution in [1.82, 2.24) is 5.32 Å². The van der Waals surface area contributed by atoms with E-state index in [9.17, 15) is 14.7 Å². The first-order chi connectivity index (χ1) is 12.0. The molecule has 0 fully saturated rings. The zero-order valence-corrected chi connectivity index (χ0v) is 15.4. The Kier molecular flexibility index (Phi) is 8.98. The Morgan fingerprint density at radius 2 is 1.65 bits per heavy atom. The van der Waals surface area contributed by atoms with Crippen LogP contribution < -0.4 is 34.0 Å². The third kappa shape index (κ3) is 6.95.